The molecule has 0 radical (unpaired) electrons. The first-order valence-corrected chi connectivity index (χ1v) is 5.84. The molecule has 0 atom stereocenters. The Labute approximate surface area is 96.5 Å². The van der Waals surface area contributed by atoms with E-state index < -0.39 is 0 Å². The van der Waals surface area contributed by atoms with Crippen molar-refractivity contribution in [3.63, 3.8) is 0 Å². The SMILES string of the molecule is COc1ccc(NN=C2CCCCC2)cc1. The number of ether oxygens (including phenoxy) is 1. The van der Waals surface area contributed by atoms with Crippen LogP contribution in [0.3, 0.4) is 0 Å². The van der Waals surface area contributed by atoms with Gasteiger partial charge in [-0.15, -0.1) is 0 Å². The molecule has 1 aromatic rings. The number of methoxy groups -OCH3 is 1. The third kappa shape index (κ3) is 2.99. The Balaban J connectivity index is 1.92. The van der Waals surface area contributed by atoms with Gasteiger partial charge in [-0.05, 0) is 49.9 Å². The monoisotopic (exact) mass is 218 g/mol. The molecule has 1 aliphatic carbocycles. The van der Waals surface area contributed by atoms with Gasteiger partial charge in [-0.3, -0.25) is 5.43 Å². The largest absolute Gasteiger partial charge is 0.497 e. The van der Waals surface area contributed by atoms with Gasteiger partial charge in [0.25, 0.3) is 0 Å². The van der Waals surface area contributed by atoms with Crippen LogP contribution in [0.25, 0.3) is 0 Å². The predicted octanol–water partition coefficient (Wildman–Crippen LogP) is 3.43. The molecule has 3 heteroatoms. The van der Waals surface area contributed by atoms with E-state index in [0.29, 0.717) is 0 Å². The van der Waals surface area contributed by atoms with E-state index in [9.17, 15) is 0 Å². The number of nitrogens with one attached hydrogen (secondary N) is 1. The van der Waals surface area contributed by atoms with E-state index in [2.05, 4.69) is 10.5 Å². The fraction of sp³-hybridized carbons (Fsp3) is 0.462. The van der Waals surface area contributed by atoms with Crippen molar-refractivity contribution in [3.8, 4) is 5.75 Å². The molecular weight excluding hydrogens is 200 g/mol. The molecule has 1 N–H and O–H groups in total. The van der Waals surface area contributed by atoms with E-state index >= 15 is 0 Å². The summed E-state index contributed by atoms with van der Waals surface area (Å²) in [6.07, 6.45) is 6.19. The van der Waals surface area contributed by atoms with E-state index in [0.717, 1.165) is 24.3 Å². The summed E-state index contributed by atoms with van der Waals surface area (Å²) in [6.45, 7) is 0. The number of nitrogens with zero attached hydrogens (tertiary/aromatic N) is 1. The quantitative estimate of drug-likeness (QED) is 0.788. The third-order valence-electron chi connectivity index (χ3n) is 2.86. The number of hydrazone groups is 1. The van der Waals surface area contributed by atoms with Crippen LogP contribution in [0.2, 0.25) is 0 Å². The number of anilines is 1. The molecule has 0 aliphatic heterocycles. The molecule has 1 aromatic carbocycles. The summed E-state index contributed by atoms with van der Waals surface area (Å²) in [7, 11) is 1.67. The van der Waals surface area contributed by atoms with E-state index in [1.54, 1.807) is 7.11 Å². The fourth-order valence-electron chi connectivity index (χ4n) is 1.88. The zero-order valence-electron chi connectivity index (χ0n) is 9.70. The van der Waals surface area contributed by atoms with E-state index in [-0.39, 0.29) is 0 Å². The van der Waals surface area contributed by atoms with Crippen molar-refractivity contribution >= 4 is 11.4 Å². The zero-order valence-corrected chi connectivity index (χ0v) is 9.70. The Kier molecular flexibility index (Phi) is 3.81. The average Bonchev–Trinajstić information content (AvgIpc) is 2.38. The normalized spacial score (nSPS) is 15.7. The summed E-state index contributed by atoms with van der Waals surface area (Å²) in [6, 6.07) is 7.82. The average molecular weight is 218 g/mol. The first-order chi connectivity index (χ1) is 7.88. The summed E-state index contributed by atoms with van der Waals surface area (Å²) in [5.41, 5.74) is 5.40. The van der Waals surface area contributed by atoms with Gasteiger partial charge in [0.15, 0.2) is 0 Å². The van der Waals surface area contributed by atoms with Crippen molar-refractivity contribution in [2.75, 3.05) is 12.5 Å². The summed E-state index contributed by atoms with van der Waals surface area (Å²) < 4.78 is 5.10. The van der Waals surface area contributed by atoms with Crippen LogP contribution < -0.4 is 10.2 Å². The molecule has 16 heavy (non-hydrogen) atoms. The van der Waals surface area contributed by atoms with Crippen molar-refractivity contribution in [3.05, 3.63) is 24.3 Å². The Morgan fingerprint density at radius 2 is 1.75 bits per heavy atom. The molecule has 0 aromatic heterocycles. The topological polar surface area (TPSA) is 33.6 Å². The summed E-state index contributed by atoms with van der Waals surface area (Å²) in [4.78, 5) is 0. The Morgan fingerprint density at radius 3 is 2.38 bits per heavy atom. The summed E-state index contributed by atoms with van der Waals surface area (Å²) in [5.74, 6) is 0.871. The predicted molar refractivity (Wildman–Crippen MR) is 67.1 cm³/mol. The molecule has 1 aliphatic rings. The van der Waals surface area contributed by atoms with Gasteiger partial charge in [0.2, 0.25) is 0 Å². The first-order valence-electron chi connectivity index (χ1n) is 5.84. The van der Waals surface area contributed by atoms with Crippen LogP contribution in [-0.4, -0.2) is 12.8 Å². The van der Waals surface area contributed by atoms with E-state index in [4.69, 9.17) is 4.74 Å². The van der Waals surface area contributed by atoms with Crippen molar-refractivity contribution in [2.24, 2.45) is 5.10 Å². The van der Waals surface area contributed by atoms with Gasteiger partial charge in [0, 0.05) is 5.71 Å². The van der Waals surface area contributed by atoms with Crippen LogP contribution in [0.5, 0.6) is 5.75 Å². The molecule has 2 rings (SSSR count). The van der Waals surface area contributed by atoms with Crippen LogP contribution in [0.15, 0.2) is 29.4 Å². The second kappa shape index (κ2) is 5.54. The molecule has 0 saturated heterocycles. The first kappa shape index (κ1) is 11.0. The molecule has 0 heterocycles. The van der Waals surface area contributed by atoms with E-state index in [1.807, 2.05) is 24.3 Å². The summed E-state index contributed by atoms with van der Waals surface area (Å²) >= 11 is 0. The van der Waals surface area contributed by atoms with Gasteiger partial charge >= 0.3 is 0 Å². The smallest absolute Gasteiger partial charge is 0.119 e. The van der Waals surface area contributed by atoms with Gasteiger partial charge in [-0.25, -0.2) is 0 Å². The maximum absolute atomic E-state index is 5.10. The van der Waals surface area contributed by atoms with Gasteiger partial charge in [0.1, 0.15) is 5.75 Å². The minimum Gasteiger partial charge on any atom is -0.497 e. The molecule has 0 unspecified atom stereocenters. The van der Waals surface area contributed by atoms with Crippen LogP contribution in [0.1, 0.15) is 32.1 Å². The van der Waals surface area contributed by atoms with Crippen LogP contribution in [-0.2, 0) is 0 Å². The minimum atomic E-state index is 0.871. The maximum atomic E-state index is 5.10. The highest BCUT2D eigenvalue weighted by Gasteiger charge is 2.06. The van der Waals surface area contributed by atoms with Crippen molar-refractivity contribution in [1.29, 1.82) is 0 Å². The Hall–Kier alpha value is -1.51. The second-order valence-electron chi connectivity index (χ2n) is 4.08. The third-order valence-corrected chi connectivity index (χ3v) is 2.86. The number of hydrogen-bond donors (Lipinski definition) is 1. The summed E-state index contributed by atoms with van der Waals surface area (Å²) in [5, 5.41) is 4.43. The molecule has 86 valence electrons. The van der Waals surface area contributed by atoms with Gasteiger partial charge in [-0.1, -0.05) is 6.42 Å². The van der Waals surface area contributed by atoms with Crippen molar-refractivity contribution in [2.45, 2.75) is 32.1 Å². The highest BCUT2D eigenvalue weighted by molar-refractivity contribution is 5.85. The minimum absolute atomic E-state index is 0.871. The fourth-order valence-corrected chi connectivity index (χ4v) is 1.88. The van der Waals surface area contributed by atoms with Gasteiger partial charge < -0.3 is 4.74 Å². The maximum Gasteiger partial charge on any atom is 0.119 e. The second-order valence-corrected chi connectivity index (χ2v) is 4.08. The molecule has 3 nitrogen and oxygen atoms in total. The van der Waals surface area contributed by atoms with Gasteiger partial charge in [0.05, 0.1) is 12.8 Å². The number of rotatable bonds is 3. The van der Waals surface area contributed by atoms with Crippen molar-refractivity contribution in [1.82, 2.24) is 0 Å². The molecular formula is C13H18N2O. The van der Waals surface area contributed by atoms with E-state index in [1.165, 1.54) is 25.0 Å². The van der Waals surface area contributed by atoms with Crippen LogP contribution in [0.4, 0.5) is 5.69 Å². The Morgan fingerprint density at radius 1 is 1.06 bits per heavy atom. The lowest BCUT2D eigenvalue weighted by Gasteiger charge is -2.12. The highest BCUT2D eigenvalue weighted by atomic mass is 16.5. The molecule has 1 fully saturated rings. The lowest BCUT2D eigenvalue weighted by molar-refractivity contribution is 0.415. The molecule has 0 amide bonds. The number of benzene rings is 1. The Bertz CT molecular complexity index is 349. The number of hydrogen-bond acceptors (Lipinski definition) is 3. The van der Waals surface area contributed by atoms with Crippen LogP contribution in [0, 0.1) is 0 Å². The van der Waals surface area contributed by atoms with Crippen LogP contribution >= 0.6 is 0 Å². The molecule has 0 bridgehead atoms. The lowest BCUT2D eigenvalue weighted by Crippen LogP contribution is -2.07. The lowest BCUT2D eigenvalue weighted by atomic mass is 9.99. The standard InChI is InChI=1S/C13H18N2O/c1-16-13-9-7-12(8-10-13)15-14-11-5-3-2-4-6-11/h7-10,15H,2-6H2,1H3. The zero-order chi connectivity index (χ0) is 11.2. The van der Waals surface area contributed by atoms with Gasteiger partial charge in [-0.2, -0.15) is 5.10 Å². The molecule has 1 saturated carbocycles. The molecule has 0 spiro atoms. The highest BCUT2D eigenvalue weighted by Crippen LogP contribution is 2.17. The van der Waals surface area contributed by atoms with Crippen molar-refractivity contribution < 1.29 is 4.74 Å².